The summed E-state index contributed by atoms with van der Waals surface area (Å²) in [5, 5.41) is 5.30. The molecule has 1 aromatic carbocycles. The molecule has 1 heterocycles. The van der Waals surface area contributed by atoms with Gasteiger partial charge in [0.05, 0.1) is 10.5 Å². The van der Waals surface area contributed by atoms with Gasteiger partial charge in [0.15, 0.2) is 0 Å². The highest BCUT2D eigenvalue weighted by Crippen LogP contribution is 2.28. The van der Waals surface area contributed by atoms with Gasteiger partial charge >= 0.3 is 0 Å². The maximum Gasteiger partial charge on any atom is 0.0912 e. The summed E-state index contributed by atoms with van der Waals surface area (Å²) in [5.74, 6) is 0. The summed E-state index contributed by atoms with van der Waals surface area (Å²) in [6, 6.07) is 8.10. The first kappa shape index (κ1) is 13.2. The molecule has 1 N–H and O–H groups in total. The van der Waals surface area contributed by atoms with Crippen LogP contribution in [0.5, 0.6) is 0 Å². The highest BCUT2D eigenvalue weighted by Gasteiger charge is 2.07. The van der Waals surface area contributed by atoms with Crippen molar-refractivity contribution >= 4 is 28.2 Å². The van der Waals surface area contributed by atoms with Crippen LogP contribution in [0.1, 0.15) is 32.4 Å². The number of rotatable bonds is 5. The first-order valence-corrected chi connectivity index (χ1v) is 6.96. The molecule has 0 saturated heterocycles. The topological polar surface area (TPSA) is 24.9 Å². The van der Waals surface area contributed by atoms with Crippen molar-refractivity contribution in [2.75, 3.05) is 11.9 Å². The second kappa shape index (κ2) is 6.05. The number of anilines is 1. The summed E-state index contributed by atoms with van der Waals surface area (Å²) < 4.78 is 0. The smallest absolute Gasteiger partial charge is 0.0912 e. The molecule has 2 aromatic rings. The quantitative estimate of drug-likeness (QED) is 0.848. The largest absolute Gasteiger partial charge is 0.384 e. The predicted octanol–water partition coefficient (Wildman–Crippen LogP) is 4.66. The Hall–Kier alpha value is -1.28. The van der Waals surface area contributed by atoms with Gasteiger partial charge in [-0.05, 0) is 25.0 Å². The van der Waals surface area contributed by atoms with E-state index >= 15 is 0 Å². The molecule has 3 heteroatoms. The number of pyridine rings is 1. The monoisotopic (exact) mass is 262 g/mol. The van der Waals surface area contributed by atoms with Crippen LogP contribution in [-0.2, 0) is 6.42 Å². The van der Waals surface area contributed by atoms with Gasteiger partial charge in [-0.2, -0.15) is 0 Å². The van der Waals surface area contributed by atoms with E-state index < -0.39 is 0 Å². The maximum atomic E-state index is 6.24. The van der Waals surface area contributed by atoms with E-state index in [0.29, 0.717) is 0 Å². The van der Waals surface area contributed by atoms with Gasteiger partial charge < -0.3 is 5.32 Å². The lowest BCUT2D eigenvalue weighted by atomic mass is 10.1. The van der Waals surface area contributed by atoms with Crippen LogP contribution in [-0.4, -0.2) is 11.5 Å². The van der Waals surface area contributed by atoms with Gasteiger partial charge in [-0.25, -0.2) is 0 Å². The summed E-state index contributed by atoms with van der Waals surface area (Å²) in [5.41, 5.74) is 3.16. The fourth-order valence-electron chi connectivity index (χ4n) is 2.06. The summed E-state index contributed by atoms with van der Waals surface area (Å²) in [4.78, 5) is 4.66. The van der Waals surface area contributed by atoms with Gasteiger partial charge in [-0.3, -0.25) is 4.98 Å². The summed E-state index contributed by atoms with van der Waals surface area (Å²) in [6.45, 7) is 5.30. The van der Waals surface area contributed by atoms with Crippen molar-refractivity contribution in [2.24, 2.45) is 0 Å². The third kappa shape index (κ3) is 2.75. The fraction of sp³-hybridized carbons (Fsp3) is 0.400. The predicted molar refractivity (Wildman–Crippen MR) is 79.5 cm³/mol. The average molecular weight is 263 g/mol. The number of nitrogens with zero attached hydrogens (tertiary/aromatic N) is 1. The normalized spacial score (nSPS) is 10.8. The van der Waals surface area contributed by atoms with Crippen molar-refractivity contribution < 1.29 is 0 Å². The third-order valence-electron chi connectivity index (χ3n) is 2.91. The highest BCUT2D eigenvalue weighted by atomic mass is 35.5. The van der Waals surface area contributed by atoms with Gasteiger partial charge in [0.25, 0.3) is 0 Å². The van der Waals surface area contributed by atoms with E-state index in [1.165, 1.54) is 0 Å². The molecule has 2 nitrogen and oxygen atoms in total. The molecule has 0 aliphatic carbocycles. The van der Waals surface area contributed by atoms with Crippen LogP contribution in [0.25, 0.3) is 10.9 Å². The van der Waals surface area contributed by atoms with Crippen molar-refractivity contribution in [1.82, 2.24) is 4.98 Å². The fourth-order valence-corrected chi connectivity index (χ4v) is 2.27. The van der Waals surface area contributed by atoms with Crippen molar-refractivity contribution in [1.29, 1.82) is 0 Å². The lowest BCUT2D eigenvalue weighted by Gasteiger charge is -2.11. The molecular weight excluding hydrogens is 244 g/mol. The van der Waals surface area contributed by atoms with E-state index in [4.69, 9.17) is 11.6 Å². The van der Waals surface area contributed by atoms with E-state index in [-0.39, 0.29) is 0 Å². The number of halogens is 1. The number of aryl methyl sites for hydroxylation is 1. The molecule has 0 spiro atoms. The van der Waals surface area contributed by atoms with Gasteiger partial charge in [0, 0.05) is 23.3 Å². The lowest BCUT2D eigenvalue weighted by molar-refractivity contribution is 0.889. The maximum absolute atomic E-state index is 6.24. The summed E-state index contributed by atoms with van der Waals surface area (Å²) in [7, 11) is 0. The van der Waals surface area contributed by atoms with Crippen molar-refractivity contribution in [3.63, 3.8) is 0 Å². The van der Waals surface area contributed by atoms with E-state index in [1.807, 2.05) is 12.1 Å². The molecule has 0 fully saturated rings. The van der Waals surface area contributed by atoms with Crippen LogP contribution >= 0.6 is 11.6 Å². The summed E-state index contributed by atoms with van der Waals surface area (Å²) >= 11 is 6.24. The molecule has 1 aromatic heterocycles. The van der Waals surface area contributed by atoms with Crippen molar-refractivity contribution in [2.45, 2.75) is 33.1 Å². The third-order valence-corrected chi connectivity index (χ3v) is 3.22. The average Bonchev–Trinajstić information content (AvgIpc) is 2.37. The number of fused-ring (bicyclic) bond motifs is 1. The number of para-hydroxylation sites is 1. The highest BCUT2D eigenvalue weighted by molar-refractivity contribution is 6.35. The van der Waals surface area contributed by atoms with E-state index in [0.717, 1.165) is 53.1 Å². The minimum atomic E-state index is 0.727. The molecule has 0 aliphatic rings. The van der Waals surface area contributed by atoms with Crippen LogP contribution in [0.15, 0.2) is 24.3 Å². The Morgan fingerprint density at radius 3 is 2.78 bits per heavy atom. The zero-order valence-corrected chi connectivity index (χ0v) is 11.7. The Labute approximate surface area is 113 Å². The molecule has 0 amide bonds. The van der Waals surface area contributed by atoms with E-state index in [9.17, 15) is 0 Å². The number of benzene rings is 1. The Morgan fingerprint density at radius 1 is 1.22 bits per heavy atom. The number of nitrogens with one attached hydrogen (secondary N) is 1. The minimum Gasteiger partial charge on any atom is -0.384 e. The minimum absolute atomic E-state index is 0.727. The molecule has 18 heavy (non-hydrogen) atoms. The Bertz CT molecular complexity index is 537. The van der Waals surface area contributed by atoms with Crippen LogP contribution in [0.4, 0.5) is 5.69 Å². The van der Waals surface area contributed by atoms with E-state index in [2.05, 4.69) is 36.3 Å². The molecule has 0 aliphatic heterocycles. The molecule has 0 saturated carbocycles. The second-order valence-corrected chi connectivity index (χ2v) is 4.88. The zero-order valence-electron chi connectivity index (χ0n) is 11.0. The Morgan fingerprint density at radius 2 is 2.06 bits per heavy atom. The molecule has 0 bridgehead atoms. The molecule has 0 unspecified atom stereocenters. The van der Waals surface area contributed by atoms with Gasteiger partial charge in [0.2, 0.25) is 0 Å². The molecule has 96 valence electrons. The van der Waals surface area contributed by atoms with Crippen LogP contribution < -0.4 is 5.32 Å². The van der Waals surface area contributed by atoms with Gasteiger partial charge in [-0.1, -0.05) is 44.0 Å². The van der Waals surface area contributed by atoms with Crippen molar-refractivity contribution in [3.05, 3.63) is 35.0 Å². The van der Waals surface area contributed by atoms with Crippen LogP contribution in [0.3, 0.4) is 0 Å². The first-order valence-electron chi connectivity index (χ1n) is 6.58. The standard InChI is InChI=1S/C15H19ClN2/c1-3-6-11-10-14(17-9-4-2)12-7-5-8-13(16)15(12)18-11/h5,7-8,10H,3-4,6,9H2,1-2H3,(H,17,18). The molecule has 0 atom stereocenters. The van der Waals surface area contributed by atoms with Crippen LogP contribution in [0.2, 0.25) is 5.02 Å². The lowest BCUT2D eigenvalue weighted by Crippen LogP contribution is -2.02. The second-order valence-electron chi connectivity index (χ2n) is 4.47. The molecule has 0 radical (unpaired) electrons. The SMILES string of the molecule is CCCNc1cc(CCC)nc2c(Cl)cccc12. The Balaban J connectivity index is 2.53. The first-order chi connectivity index (χ1) is 8.76. The Kier molecular flexibility index (Phi) is 4.43. The number of hydrogen-bond donors (Lipinski definition) is 1. The van der Waals surface area contributed by atoms with E-state index in [1.54, 1.807) is 0 Å². The molecular formula is C15H19ClN2. The van der Waals surface area contributed by atoms with Gasteiger partial charge in [0.1, 0.15) is 0 Å². The van der Waals surface area contributed by atoms with Crippen molar-refractivity contribution in [3.8, 4) is 0 Å². The zero-order chi connectivity index (χ0) is 13.0. The number of aromatic nitrogens is 1. The van der Waals surface area contributed by atoms with Gasteiger partial charge in [-0.15, -0.1) is 0 Å². The molecule has 2 rings (SSSR count). The number of hydrogen-bond acceptors (Lipinski definition) is 2. The summed E-state index contributed by atoms with van der Waals surface area (Å²) in [6.07, 6.45) is 3.19. The van der Waals surface area contributed by atoms with Crippen LogP contribution in [0, 0.1) is 0 Å².